The Morgan fingerprint density at radius 1 is 1.24 bits per heavy atom. The highest BCUT2D eigenvalue weighted by atomic mass is 32.1. The van der Waals surface area contributed by atoms with Gasteiger partial charge in [-0.05, 0) is 39.0 Å². The molecule has 0 unspecified atom stereocenters. The van der Waals surface area contributed by atoms with E-state index in [2.05, 4.69) is 4.99 Å². The van der Waals surface area contributed by atoms with Gasteiger partial charge < -0.3 is 20.1 Å². The molecule has 0 fully saturated rings. The number of methoxy groups -OCH3 is 1. The van der Waals surface area contributed by atoms with Crippen molar-refractivity contribution in [2.24, 2.45) is 16.1 Å². The summed E-state index contributed by atoms with van der Waals surface area (Å²) in [6, 6.07) is 7.12. The van der Waals surface area contributed by atoms with Crippen molar-refractivity contribution in [2.45, 2.75) is 27.3 Å². The molecule has 0 radical (unpaired) electrons. The molecule has 3 aromatic rings. The smallest absolute Gasteiger partial charge is 0.335 e. The number of nitrogens with two attached hydrogens (primary N) is 1. The number of nitrogen functional groups attached to an aromatic ring is 1. The quantitative estimate of drug-likeness (QED) is 0.275. The summed E-state index contributed by atoms with van der Waals surface area (Å²) in [7, 11) is 1.32. The zero-order chi connectivity index (χ0) is 24.5. The molecule has 3 rings (SSSR count). The van der Waals surface area contributed by atoms with Crippen LogP contribution in [-0.4, -0.2) is 41.1 Å². The summed E-state index contributed by atoms with van der Waals surface area (Å²) in [5, 5.41) is 17.1. The fourth-order valence-corrected chi connectivity index (χ4v) is 4.62. The van der Waals surface area contributed by atoms with Crippen LogP contribution in [0.25, 0.3) is 21.3 Å². The lowest BCUT2D eigenvalue weighted by Crippen LogP contribution is -2.30. The van der Waals surface area contributed by atoms with E-state index in [0.717, 1.165) is 6.07 Å². The van der Waals surface area contributed by atoms with Gasteiger partial charge in [0.2, 0.25) is 0 Å². The summed E-state index contributed by atoms with van der Waals surface area (Å²) >= 11 is 1.27. The van der Waals surface area contributed by atoms with E-state index in [0.29, 0.717) is 27.1 Å². The van der Waals surface area contributed by atoms with Crippen LogP contribution in [0.3, 0.4) is 0 Å². The van der Waals surface area contributed by atoms with Crippen LogP contribution >= 0.6 is 11.3 Å². The monoisotopic (exact) mass is 472 g/mol. The van der Waals surface area contributed by atoms with E-state index in [4.69, 9.17) is 15.9 Å². The Labute approximate surface area is 193 Å². The first-order chi connectivity index (χ1) is 15.5. The van der Waals surface area contributed by atoms with E-state index in [1.54, 1.807) is 13.8 Å². The largest absolute Gasteiger partial charge is 0.478 e. The number of carbonyl (C=O) groups is 2. The van der Waals surface area contributed by atoms with Gasteiger partial charge in [-0.25, -0.2) is 9.18 Å². The van der Waals surface area contributed by atoms with Crippen molar-refractivity contribution in [1.82, 2.24) is 4.57 Å². The molecule has 8 nitrogen and oxygen atoms in total. The van der Waals surface area contributed by atoms with Crippen LogP contribution in [0.1, 0.15) is 36.7 Å². The van der Waals surface area contributed by atoms with Crippen LogP contribution in [-0.2, 0) is 16.1 Å². The molecular weight excluding hydrogens is 447 g/mol. The van der Waals surface area contributed by atoms with Gasteiger partial charge in [-0.3, -0.25) is 15.2 Å². The molecule has 0 saturated carbocycles. The SMILES string of the molecule is CCn1/c(=N/CC(C)(C)C(=O)OC)sc2cc(C(=O)O)cc(-c3ccc(C(=N)N)cc3F)c21. The first kappa shape index (κ1) is 24.1. The topological polar surface area (TPSA) is 131 Å². The van der Waals surface area contributed by atoms with Crippen molar-refractivity contribution >= 4 is 39.3 Å². The van der Waals surface area contributed by atoms with Crippen LogP contribution < -0.4 is 10.5 Å². The number of ether oxygens (including phenoxy) is 1. The van der Waals surface area contributed by atoms with Crippen LogP contribution in [0.15, 0.2) is 35.3 Å². The number of fused-ring (bicyclic) bond motifs is 1. The standard InChI is InChI=1S/C23H25FN4O4S/c1-5-28-18-15(14-7-6-12(19(25)26)9-16(14)24)8-13(20(29)30)10-17(18)33-22(28)27-11-23(2,3)21(31)32-4/h6-10H,5,11H2,1-4H3,(H3,25,26)(H,29,30)/b27-22-. The number of aryl methyl sites for hydroxylation is 1. The van der Waals surface area contributed by atoms with Gasteiger partial charge in [-0.2, -0.15) is 0 Å². The fraction of sp³-hybridized carbons (Fsp3) is 0.304. The number of hydrogen-bond acceptors (Lipinski definition) is 6. The van der Waals surface area contributed by atoms with E-state index in [1.807, 2.05) is 11.5 Å². The van der Waals surface area contributed by atoms with Crippen molar-refractivity contribution in [3.8, 4) is 11.1 Å². The van der Waals surface area contributed by atoms with E-state index in [1.165, 1.54) is 42.7 Å². The van der Waals surface area contributed by atoms with E-state index in [9.17, 15) is 14.7 Å². The summed E-state index contributed by atoms with van der Waals surface area (Å²) in [5.74, 6) is -2.42. The average Bonchev–Trinajstić information content (AvgIpc) is 3.13. The number of carboxylic acid groups (broad SMARTS) is 1. The minimum atomic E-state index is -1.14. The summed E-state index contributed by atoms with van der Waals surface area (Å²) in [6.45, 7) is 6.01. The summed E-state index contributed by atoms with van der Waals surface area (Å²) < 4.78 is 22.4. The number of carboxylic acids is 1. The van der Waals surface area contributed by atoms with Crippen molar-refractivity contribution in [3.63, 3.8) is 0 Å². The second kappa shape index (κ2) is 9.14. The molecule has 174 valence electrons. The van der Waals surface area contributed by atoms with Crippen molar-refractivity contribution < 1.29 is 23.8 Å². The highest BCUT2D eigenvalue weighted by molar-refractivity contribution is 7.16. The molecule has 0 amide bonds. The predicted molar refractivity (Wildman–Crippen MR) is 125 cm³/mol. The lowest BCUT2D eigenvalue weighted by atomic mass is 9.94. The second-order valence-electron chi connectivity index (χ2n) is 8.10. The molecule has 0 atom stereocenters. The number of nitrogens with one attached hydrogen (secondary N) is 1. The van der Waals surface area contributed by atoms with Crippen LogP contribution in [0.5, 0.6) is 0 Å². The molecule has 0 aliphatic rings. The van der Waals surface area contributed by atoms with Crippen LogP contribution in [0, 0.1) is 16.6 Å². The average molecular weight is 473 g/mol. The molecule has 0 aliphatic heterocycles. The Kier molecular flexibility index (Phi) is 6.68. The second-order valence-corrected chi connectivity index (χ2v) is 9.11. The lowest BCUT2D eigenvalue weighted by Gasteiger charge is -2.18. The molecule has 4 N–H and O–H groups in total. The maximum atomic E-state index is 15.1. The maximum absolute atomic E-state index is 15.1. The fourth-order valence-electron chi connectivity index (χ4n) is 3.46. The number of amidine groups is 1. The molecule has 1 aromatic heterocycles. The molecule has 33 heavy (non-hydrogen) atoms. The maximum Gasteiger partial charge on any atom is 0.335 e. The number of benzene rings is 2. The minimum absolute atomic E-state index is 0.0125. The Morgan fingerprint density at radius 2 is 1.94 bits per heavy atom. The normalized spacial score (nSPS) is 12.2. The molecule has 10 heteroatoms. The summed E-state index contributed by atoms with van der Waals surface area (Å²) in [6.07, 6.45) is 0. The minimum Gasteiger partial charge on any atom is -0.478 e. The van der Waals surface area contributed by atoms with Crippen molar-refractivity contribution in [3.05, 3.63) is 52.1 Å². The van der Waals surface area contributed by atoms with Gasteiger partial charge in [0.15, 0.2) is 4.80 Å². The number of halogens is 1. The molecular formula is C23H25FN4O4S. The summed E-state index contributed by atoms with van der Waals surface area (Å²) in [4.78, 5) is 29.0. The third kappa shape index (κ3) is 4.65. The third-order valence-corrected chi connectivity index (χ3v) is 6.32. The highest BCUT2D eigenvalue weighted by Crippen LogP contribution is 2.34. The molecule has 0 aliphatic carbocycles. The number of nitrogens with zero attached hydrogens (tertiary/aromatic N) is 2. The predicted octanol–water partition coefficient (Wildman–Crippen LogP) is 3.61. The van der Waals surface area contributed by atoms with Gasteiger partial charge in [0.25, 0.3) is 0 Å². The lowest BCUT2D eigenvalue weighted by molar-refractivity contribution is -0.150. The Morgan fingerprint density at radius 3 is 2.48 bits per heavy atom. The number of aromatic carboxylic acids is 1. The number of hydrogen-bond donors (Lipinski definition) is 3. The van der Waals surface area contributed by atoms with Crippen LogP contribution in [0.2, 0.25) is 0 Å². The molecule has 0 spiro atoms. The zero-order valence-electron chi connectivity index (χ0n) is 18.7. The first-order valence-electron chi connectivity index (χ1n) is 10.1. The van der Waals surface area contributed by atoms with Gasteiger partial charge >= 0.3 is 11.9 Å². The van der Waals surface area contributed by atoms with Crippen molar-refractivity contribution in [1.29, 1.82) is 5.41 Å². The van der Waals surface area contributed by atoms with Gasteiger partial charge in [0.05, 0.1) is 34.8 Å². The molecule has 0 bridgehead atoms. The van der Waals surface area contributed by atoms with Gasteiger partial charge in [-0.1, -0.05) is 23.5 Å². The number of thiazole rings is 1. The number of esters is 1. The highest BCUT2D eigenvalue weighted by Gasteiger charge is 2.28. The number of rotatable bonds is 7. The summed E-state index contributed by atoms with van der Waals surface area (Å²) in [5.41, 5.74) is 6.08. The third-order valence-electron chi connectivity index (χ3n) is 5.26. The molecule has 0 saturated heterocycles. The molecule has 2 aromatic carbocycles. The van der Waals surface area contributed by atoms with E-state index in [-0.39, 0.29) is 29.1 Å². The Bertz CT molecular complexity index is 1340. The zero-order valence-corrected chi connectivity index (χ0v) is 19.5. The first-order valence-corrected chi connectivity index (χ1v) is 11.0. The Hall–Kier alpha value is -3.53. The number of carbonyl (C=O) groups excluding carboxylic acids is 1. The Balaban J connectivity index is 2.30. The van der Waals surface area contributed by atoms with E-state index >= 15 is 4.39 Å². The van der Waals surface area contributed by atoms with Gasteiger partial charge in [0.1, 0.15) is 11.7 Å². The van der Waals surface area contributed by atoms with Crippen LogP contribution in [0.4, 0.5) is 4.39 Å². The van der Waals surface area contributed by atoms with Gasteiger partial charge in [-0.15, -0.1) is 0 Å². The number of aromatic nitrogens is 1. The van der Waals surface area contributed by atoms with E-state index < -0.39 is 23.2 Å². The van der Waals surface area contributed by atoms with Gasteiger partial charge in [0, 0.05) is 23.2 Å². The molecule has 1 heterocycles. The van der Waals surface area contributed by atoms with Crippen molar-refractivity contribution in [2.75, 3.05) is 13.7 Å².